The van der Waals surface area contributed by atoms with Gasteiger partial charge in [-0.2, -0.15) is 0 Å². The van der Waals surface area contributed by atoms with Crippen LogP contribution in [0.1, 0.15) is 37.7 Å². The quantitative estimate of drug-likeness (QED) is 0.683. The highest BCUT2D eigenvalue weighted by molar-refractivity contribution is 9.10. The van der Waals surface area contributed by atoms with Gasteiger partial charge in [-0.25, -0.2) is 0 Å². The second-order valence-electron chi connectivity index (χ2n) is 8.93. The van der Waals surface area contributed by atoms with E-state index in [4.69, 9.17) is 16.2 Å². The van der Waals surface area contributed by atoms with Crippen molar-refractivity contribution in [3.05, 3.63) is 46.5 Å². The molecule has 5 rings (SSSR count). The van der Waals surface area contributed by atoms with Gasteiger partial charge in [0.2, 0.25) is 11.8 Å². The molecular weight excluding hydrogens is 420 g/mol. The molecule has 2 saturated carbocycles. The number of rotatable bonds is 5. The fourth-order valence-corrected chi connectivity index (χ4v) is 7.15. The third-order valence-corrected chi connectivity index (χ3v) is 8.49. The monoisotopic (exact) mass is 444 g/mol. The lowest BCUT2D eigenvalue weighted by Gasteiger charge is -2.49. The van der Waals surface area contributed by atoms with E-state index >= 15 is 0 Å². The van der Waals surface area contributed by atoms with Crippen LogP contribution in [0.4, 0.5) is 0 Å². The smallest absolute Gasteiger partial charge is 0.229 e. The number of carbonyl (C=O) groups is 2. The van der Waals surface area contributed by atoms with Crippen LogP contribution >= 0.6 is 15.9 Å². The number of hydrogen-bond acceptors (Lipinski definition) is 3. The van der Waals surface area contributed by atoms with Gasteiger partial charge in [0.25, 0.3) is 0 Å². The molecule has 148 valence electrons. The third-order valence-electron chi connectivity index (χ3n) is 7.96. The number of ether oxygens (including phenoxy) is 1. The first-order valence-corrected chi connectivity index (χ1v) is 10.8. The Bertz CT molecular complexity index is 872. The van der Waals surface area contributed by atoms with Crippen molar-refractivity contribution in [2.45, 2.75) is 43.6 Å². The molecule has 2 amide bonds. The van der Waals surface area contributed by atoms with Crippen molar-refractivity contribution in [3.63, 3.8) is 0 Å². The van der Waals surface area contributed by atoms with Crippen LogP contribution in [0, 0.1) is 22.7 Å². The molecule has 5 atom stereocenters. The molecule has 1 saturated heterocycles. The molecule has 0 aromatic heterocycles. The molecule has 3 aliphatic carbocycles. The minimum atomic E-state index is -1.14. The van der Waals surface area contributed by atoms with Crippen LogP contribution < -0.4 is 11.5 Å². The van der Waals surface area contributed by atoms with Gasteiger partial charge in [0, 0.05) is 17.0 Å². The fourth-order valence-electron chi connectivity index (χ4n) is 6.88. The van der Waals surface area contributed by atoms with Crippen LogP contribution in [0.5, 0.6) is 0 Å². The van der Waals surface area contributed by atoms with Crippen LogP contribution in [-0.2, 0) is 19.7 Å². The average Bonchev–Trinajstić information content (AvgIpc) is 3.03. The highest BCUT2D eigenvalue weighted by Crippen LogP contribution is 2.80. The van der Waals surface area contributed by atoms with Crippen molar-refractivity contribution in [1.29, 1.82) is 0 Å². The van der Waals surface area contributed by atoms with Gasteiger partial charge in [-0.1, -0.05) is 40.2 Å². The number of amides is 2. The number of allylic oxidation sites excluding steroid dienone is 2. The Morgan fingerprint density at radius 1 is 1.07 bits per heavy atom. The molecule has 28 heavy (non-hydrogen) atoms. The van der Waals surface area contributed by atoms with Crippen LogP contribution in [-0.4, -0.2) is 24.5 Å². The Hall–Kier alpha value is -1.66. The SMILES string of the molecule is NC(=O)[C@]1(CC2CCCO2)[C@@H]2C=C[C@@H](C23CC3)[C@@]1(C(N)=O)c1ccc(Br)cc1. The maximum atomic E-state index is 13.3. The maximum absolute atomic E-state index is 13.3. The van der Waals surface area contributed by atoms with Crippen molar-refractivity contribution in [2.24, 2.45) is 34.1 Å². The van der Waals surface area contributed by atoms with E-state index in [0.717, 1.165) is 35.7 Å². The molecule has 1 unspecified atom stereocenters. The molecule has 1 aromatic carbocycles. The first kappa shape index (κ1) is 18.4. The van der Waals surface area contributed by atoms with Gasteiger partial charge < -0.3 is 16.2 Å². The predicted octanol–water partition coefficient (Wildman–Crippen LogP) is 2.81. The summed E-state index contributed by atoms with van der Waals surface area (Å²) in [6.45, 7) is 0.691. The zero-order chi connectivity index (χ0) is 19.7. The van der Waals surface area contributed by atoms with E-state index in [9.17, 15) is 9.59 Å². The van der Waals surface area contributed by atoms with E-state index in [1.54, 1.807) is 0 Å². The normalized spacial score (nSPS) is 39.5. The zero-order valence-corrected chi connectivity index (χ0v) is 17.3. The summed E-state index contributed by atoms with van der Waals surface area (Å²) >= 11 is 3.47. The summed E-state index contributed by atoms with van der Waals surface area (Å²) in [5.41, 5.74) is 10.9. The van der Waals surface area contributed by atoms with Crippen LogP contribution in [0.3, 0.4) is 0 Å². The number of carbonyl (C=O) groups excluding carboxylic acids is 2. The average molecular weight is 445 g/mol. The fraction of sp³-hybridized carbons (Fsp3) is 0.545. The summed E-state index contributed by atoms with van der Waals surface area (Å²) in [6.07, 6.45) is 8.51. The Labute approximate surface area is 173 Å². The summed E-state index contributed by atoms with van der Waals surface area (Å²) in [7, 11) is 0. The Morgan fingerprint density at radius 3 is 2.29 bits per heavy atom. The molecule has 4 N–H and O–H groups in total. The highest BCUT2D eigenvalue weighted by Gasteiger charge is 2.83. The zero-order valence-electron chi connectivity index (χ0n) is 15.7. The Morgan fingerprint density at radius 2 is 1.75 bits per heavy atom. The Kier molecular flexibility index (Phi) is 3.89. The van der Waals surface area contributed by atoms with Gasteiger partial charge in [0.1, 0.15) is 0 Å². The van der Waals surface area contributed by atoms with Gasteiger partial charge >= 0.3 is 0 Å². The number of halogens is 1. The molecular formula is C22H25BrN2O3. The lowest BCUT2D eigenvalue weighted by Crippen LogP contribution is -2.63. The Balaban J connectivity index is 1.78. The summed E-state index contributed by atoms with van der Waals surface area (Å²) in [5.74, 6) is -1.04. The van der Waals surface area contributed by atoms with Gasteiger partial charge in [-0.05, 0) is 61.1 Å². The number of hydrogen-bond donors (Lipinski definition) is 2. The molecule has 3 fully saturated rings. The number of benzene rings is 1. The van der Waals surface area contributed by atoms with Gasteiger partial charge in [-0.3, -0.25) is 9.59 Å². The molecule has 0 radical (unpaired) electrons. The summed E-state index contributed by atoms with van der Waals surface area (Å²) < 4.78 is 6.84. The van der Waals surface area contributed by atoms with Crippen LogP contribution in [0.25, 0.3) is 0 Å². The number of nitrogens with two attached hydrogens (primary N) is 2. The van der Waals surface area contributed by atoms with Gasteiger partial charge in [0.15, 0.2) is 0 Å². The third kappa shape index (κ3) is 2.00. The van der Waals surface area contributed by atoms with E-state index in [2.05, 4.69) is 28.1 Å². The summed E-state index contributed by atoms with van der Waals surface area (Å²) in [6, 6.07) is 7.67. The molecule has 5 nitrogen and oxygen atoms in total. The van der Waals surface area contributed by atoms with E-state index < -0.39 is 22.6 Å². The van der Waals surface area contributed by atoms with Crippen molar-refractivity contribution in [1.82, 2.24) is 0 Å². The van der Waals surface area contributed by atoms with Crippen LogP contribution in [0.2, 0.25) is 0 Å². The molecule has 2 bridgehead atoms. The highest BCUT2D eigenvalue weighted by atomic mass is 79.9. The second-order valence-corrected chi connectivity index (χ2v) is 9.84. The number of primary amides is 2. The van der Waals surface area contributed by atoms with Crippen molar-refractivity contribution in [3.8, 4) is 0 Å². The maximum Gasteiger partial charge on any atom is 0.229 e. The molecule has 4 aliphatic rings. The lowest BCUT2D eigenvalue weighted by atomic mass is 9.52. The predicted molar refractivity (Wildman–Crippen MR) is 108 cm³/mol. The van der Waals surface area contributed by atoms with Crippen molar-refractivity contribution >= 4 is 27.7 Å². The topological polar surface area (TPSA) is 95.4 Å². The molecule has 1 aromatic rings. The van der Waals surface area contributed by atoms with E-state index in [1.807, 2.05) is 24.3 Å². The summed E-state index contributed by atoms with van der Waals surface area (Å²) in [4.78, 5) is 26.6. The standard InChI is InChI=1S/C22H25BrN2O3/c23-14-5-3-13(4-6-14)22(19(25)27)17-8-7-16(20(17)9-10-20)21(22,18(24)26)12-15-2-1-11-28-15/h3-8,15-17H,1-2,9-12H2,(H2,24,26)(H2,25,27)/t15?,16-,17+,21+,22-/m1/s1. The van der Waals surface area contributed by atoms with E-state index in [1.165, 1.54) is 0 Å². The molecule has 6 heteroatoms. The van der Waals surface area contributed by atoms with Crippen molar-refractivity contribution < 1.29 is 14.3 Å². The molecule has 1 heterocycles. The minimum Gasteiger partial charge on any atom is -0.378 e. The first-order chi connectivity index (χ1) is 13.4. The van der Waals surface area contributed by atoms with Crippen molar-refractivity contribution in [2.75, 3.05) is 6.61 Å². The van der Waals surface area contributed by atoms with Gasteiger partial charge in [0.05, 0.1) is 16.9 Å². The largest absolute Gasteiger partial charge is 0.378 e. The van der Waals surface area contributed by atoms with E-state index in [0.29, 0.717) is 13.0 Å². The molecule has 1 aliphatic heterocycles. The second kappa shape index (κ2) is 5.92. The van der Waals surface area contributed by atoms with Crippen LogP contribution in [0.15, 0.2) is 40.9 Å². The van der Waals surface area contributed by atoms with E-state index in [-0.39, 0.29) is 23.4 Å². The molecule has 1 spiro atoms. The minimum absolute atomic E-state index is 0.0646. The summed E-state index contributed by atoms with van der Waals surface area (Å²) in [5, 5.41) is 0. The lowest BCUT2D eigenvalue weighted by molar-refractivity contribution is -0.146. The first-order valence-electron chi connectivity index (χ1n) is 10.1. The van der Waals surface area contributed by atoms with Gasteiger partial charge in [-0.15, -0.1) is 0 Å².